The Bertz CT molecular complexity index is 1160. The molecular weight excluding hydrogens is 901 g/mol. The predicted molar refractivity (Wildman–Crippen MR) is 316 cm³/mol. The number of carbonyl (C=O) groups excluding carboxylic acids is 3. The molecule has 0 radical (unpaired) electrons. The number of hydrogen-bond acceptors (Lipinski definition) is 6. The van der Waals surface area contributed by atoms with Crippen molar-refractivity contribution < 1.29 is 28.6 Å². The second kappa shape index (κ2) is 62.2. The SMILES string of the molecule is CCCCCCCC/C=C\CCCCCCCCCCCC(=O)OCC(COC(=O)CCCCCCCCCCC/C=C\CCCCCCCC)OC(=O)C=CCCCCCCCCCCCCCCCCC. The summed E-state index contributed by atoms with van der Waals surface area (Å²) in [6, 6.07) is 0. The molecule has 0 atom stereocenters. The molecule has 0 saturated heterocycles. The Morgan fingerprint density at radius 2 is 0.507 bits per heavy atom. The number of esters is 3. The minimum Gasteiger partial charge on any atom is -0.462 e. The van der Waals surface area contributed by atoms with Gasteiger partial charge in [0.05, 0.1) is 0 Å². The Kier molecular flexibility index (Phi) is 60.2. The van der Waals surface area contributed by atoms with Gasteiger partial charge in [0.2, 0.25) is 0 Å². The quantitative estimate of drug-likeness (QED) is 0.0199. The van der Waals surface area contributed by atoms with Gasteiger partial charge in [0, 0.05) is 18.9 Å². The molecule has 0 amide bonds. The lowest BCUT2D eigenvalue weighted by Gasteiger charge is -2.17. The molecule has 428 valence electrons. The van der Waals surface area contributed by atoms with E-state index in [1.807, 2.05) is 6.08 Å². The zero-order chi connectivity index (χ0) is 52.9. The van der Waals surface area contributed by atoms with Crippen LogP contribution in [0.1, 0.15) is 355 Å². The minimum atomic E-state index is -0.821. The van der Waals surface area contributed by atoms with Crippen LogP contribution in [0.4, 0.5) is 0 Å². The van der Waals surface area contributed by atoms with Gasteiger partial charge in [-0.05, 0) is 77.0 Å². The van der Waals surface area contributed by atoms with E-state index in [4.69, 9.17) is 14.2 Å². The van der Waals surface area contributed by atoms with Crippen LogP contribution in [0.2, 0.25) is 0 Å². The van der Waals surface area contributed by atoms with Crippen molar-refractivity contribution in [2.24, 2.45) is 0 Å². The highest BCUT2D eigenvalue weighted by atomic mass is 16.6. The molecule has 0 N–H and O–H groups in total. The van der Waals surface area contributed by atoms with Crippen molar-refractivity contribution in [3.8, 4) is 0 Å². The molecule has 0 heterocycles. The van der Waals surface area contributed by atoms with Gasteiger partial charge in [-0.1, -0.05) is 295 Å². The molecular formula is C67H124O6. The Morgan fingerprint density at radius 3 is 0.767 bits per heavy atom. The molecule has 6 nitrogen and oxygen atoms in total. The topological polar surface area (TPSA) is 78.9 Å². The van der Waals surface area contributed by atoms with E-state index in [1.165, 1.54) is 276 Å². The number of allylic oxidation sites excluding steroid dienone is 5. The summed E-state index contributed by atoms with van der Waals surface area (Å²) in [5.74, 6) is -1.06. The van der Waals surface area contributed by atoms with Gasteiger partial charge < -0.3 is 14.2 Å². The highest BCUT2D eigenvalue weighted by Crippen LogP contribution is 2.17. The molecule has 73 heavy (non-hydrogen) atoms. The lowest BCUT2D eigenvalue weighted by atomic mass is 10.0. The fourth-order valence-electron chi connectivity index (χ4n) is 9.74. The first kappa shape index (κ1) is 70.6. The maximum absolute atomic E-state index is 12.8. The third-order valence-corrected chi connectivity index (χ3v) is 14.7. The van der Waals surface area contributed by atoms with Gasteiger partial charge in [-0.3, -0.25) is 9.59 Å². The van der Waals surface area contributed by atoms with Crippen molar-refractivity contribution in [3.05, 3.63) is 36.5 Å². The van der Waals surface area contributed by atoms with E-state index in [-0.39, 0.29) is 25.2 Å². The lowest BCUT2D eigenvalue weighted by molar-refractivity contribution is -0.163. The van der Waals surface area contributed by atoms with E-state index < -0.39 is 12.1 Å². The van der Waals surface area contributed by atoms with E-state index >= 15 is 0 Å². The number of hydrogen-bond donors (Lipinski definition) is 0. The monoisotopic (exact) mass is 1020 g/mol. The summed E-state index contributed by atoms with van der Waals surface area (Å²) < 4.78 is 16.8. The highest BCUT2D eigenvalue weighted by Gasteiger charge is 2.19. The maximum Gasteiger partial charge on any atom is 0.330 e. The lowest BCUT2D eigenvalue weighted by Crippen LogP contribution is -2.30. The van der Waals surface area contributed by atoms with Crippen LogP contribution in [0.15, 0.2) is 36.5 Å². The van der Waals surface area contributed by atoms with Crippen molar-refractivity contribution in [2.45, 2.75) is 361 Å². The van der Waals surface area contributed by atoms with Gasteiger partial charge in [0.15, 0.2) is 6.10 Å². The van der Waals surface area contributed by atoms with Gasteiger partial charge in [-0.15, -0.1) is 0 Å². The van der Waals surface area contributed by atoms with Crippen molar-refractivity contribution >= 4 is 17.9 Å². The van der Waals surface area contributed by atoms with Gasteiger partial charge in [-0.2, -0.15) is 0 Å². The Balaban J connectivity index is 4.36. The Hall–Kier alpha value is -2.37. The van der Waals surface area contributed by atoms with Crippen LogP contribution in [-0.4, -0.2) is 37.2 Å². The van der Waals surface area contributed by atoms with Crippen LogP contribution in [-0.2, 0) is 28.6 Å². The van der Waals surface area contributed by atoms with Gasteiger partial charge in [0.25, 0.3) is 0 Å². The summed E-state index contributed by atoms with van der Waals surface area (Å²) in [6.45, 7) is 6.63. The summed E-state index contributed by atoms with van der Waals surface area (Å²) in [5.41, 5.74) is 0. The van der Waals surface area contributed by atoms with E-state index in [2.05, 4.69) is 45.1 Å². The van der Waals surface area contributed by atoms with Crippen molar-refractivity contribution in [2.75, 3.05) is 13.2 Å². The zero-order valence-corrected chi connectivity index (χ0v) is 49.2. The van der Waals surface area contributed by atoms with Crippen LogP contribution >= 0.6 is 0 Å². The van der Waals surface area contributed by atoms with Gasteiger partial charge in [0.1, 0.15) is 13.2 Å². The minimum absolute atomic E-state index is 0.102. The van der Waals surface area contributed by atoms with Crippen molar-refractivity contribution in [3.63, 3.8) is 0 Å². The summed E-state index contributed by atoms with van der Waals surface area (Å²) in [7, 11) is 0. The second-order valence-corrected chi connectivity index (χ2v) is 22.1. The summed E-state index contributed by atoms with van der Waals surface area (Å²) in [4.78, 5) is 38.2. The Morgan fingerprint density at radius 1 is 0.288 bits per heavy atom. The molecule has 0 aromatic heterocycles. The average Bonchev–Trinajstić information content (AvgIpc) is 3.39. The first-order valence-electron chi connectivity index (χ1n) is 32.5. The fourth-order valence-corrected chi connectivity index (χ4v) is 9.74. The summed E-state index contributed by atoms with van der Waals surface area (Å²) >= 11 is 0. The number of rotatable bonds is 60. The average molecular weight is 1030 g/mol. The van der Waals surface area contributed by atoms with E-state index in [9.17, 15) is 14.4 Å². The third kappa shape index (κ3) is 60.4. The first-order valence-corrected chi connectivity index (χ1v) is 32.5. The predicted octanol–water partition coefficient (Wildman–Crippen LogP) is 22.0. The van der Waals surface area contributed by atoms with E-state index in [1.54, 1.807) is 0 Å². The molecule has 0 aliphatic heterocycles. The molecule has 6 heteroatoms. The van der Waals surface area contributed by atoms with Crippen LogP contribution in [0.25, 0.3) is 0 Å². The normalized spacial score (nSPS) is 11.8. The van der Waals surface area contributed by atoms with E-state index in [0.29, 0.717) is 12.8 Å². The van der Waals surface area contributed by atoms with Crippen LogP contribution < -0.4 is 0 Å². The van der Waals surface area contributed by atoms with Gasteiger partial charge >= 0.3 is 17.9 Å². The highest BCUT2D eigenvalue weighted by molar-refractivity contribution is 5.82. The molecule has 0 aromatic rings. The van der Waals surface area contributed by atoms with E-state index in [0.717, 1.165) is 51.4 Å². The van der Waals surface area contributed by atoms with Crippen LogP contribution in [0, 0.1) is 0 Å². The molecule has 0 aliphatic carbocycles. The number of unbranched alkanes of at least 4 members (excludes halogenated alkanes) is 45. The number of ether oxygens (including phenoxy) is 3. The van der Waals surface area contributed by atoms with Crippen LogP contribution in [0.5, 0.6) is 0 Å². The Labute approximate surface area is 455 Å². The first-order chi connectivity index (χ1) is 36.0. The summed E-state index contributed by atoms with van der Waals surface area (Å²) in [5, 5.41) is 0. The molecule has 0 unspecified atom stereocenters. The summed E-state index contributed by atoms with van der Waals surface area (Å²) in [6.07, 6.45) is 76.2. The maximum atomic E-state index is 12.8. The molecule has 0 spiro atoms. The standard InChI is InChI=1S/C67H124O6/c1-4-7-10-13-16-19-22-25-28-31-33-36-38-41-44-47-50-53-56-59-65(68)71-62-64(73-67(70)61-58-55-52-49-46-43-40-35-30-27-24-21-18-15-12-9-6-3)63-72-66(69)60-57-54-51-48-45-42-39-37-34-32-29-26-23-20-17-14-11-8-5-2/h25-26,28-29,58,61,64H,4-24,27,30-57,59-60,62-63H2,1-3H3/b28-25-,29-26-,61-58?. The smallest absolute Gasteiger partial charge is 0.330 e. The van der Waals surface area contributed by atoms with Crippen molar-refractivity contribution in [1.82, 2.24) is 0 Å². The van der Waals surface area contributed by atoms with Crippen molar-refractivity contribution in [1.29, 1.82) is 0 Å². The molecule has 0 fully saturated rings. The zero-order valence-electron chi connectivity index (χ0n) is 49.2. The largest absolute Gasteiger partial charge is 0.462 e. The number of carbonyl (C=O) groups is 3. The van der Waals surface area contributed by atoms with Gasteiger partial charge in [-0.25, -0.2) is 4.79 Å². The molecule has 0 saturated carbocycles. The molecule has 0 aliphatic rings. The third-order valence-electron chi connectivity index (χ3n) is 14.7. The second-order valence-electron chi connectivity index (χ2n) is 22.1. The van der Waals surface area contributed by atoms with Crippen LogP contribution in [0.3, 0.4) is 0 Å². The fraction of sp³-hybridized carbons (Fsp3) is 0.866. The molecule has 0 aromatic carbocycles. The molecule has 0 rings (SSSR count). The molecule has 0 bridgehead atoms.